The Kier molecular flexibility index (Phi) is 6.62. The minimum atomic E-state index is -0.507. The van der Waals surface area contributed by atoms with Crippen molar-refractivity contribution in [2.24, 2.45) is 5.10 Å². The van der Waals surface area contributed by atoms with E-state index in [1.807, 2.05) is 0 Å². The van der Waals surface area contributed by atoms with Crippen molar-refractivity contribution in [3.63, 3.8) is 0 Å². The lowest BCUT2D eigenvalue weighted by Gasteiger charge is -2.15. The molecule has 12 heteroatoms. The number of H-pyrrole nitrogens is 1. The molecule has 0 atom stereocenters. The van der Waals surface area contributed by atoms with Crippen LogP contribution in [0.4, 0.5) is 5.69 Å². The molecule has 1 amide bonds. The Labute approximate surface area is 217 Å². The first-order valence-electron chi connectivity index (χ1n) is 9.22. The van der Waals surface area contributed by atoms with Crippen LogP contribution >= 0.6 is 69.6 Å². The molecule has 170 valence electrons. The van der Waals surface area contributed by atoms with Crippen molar-refractivity contribution in [2.75, 3.05) is 5.01 Å². The molecule has 0 saturated heterocycles. The number of carbonyl (C=O) groups excluding carboxylic acids is 1. The van der Waals surface area contributed by atoms with Crippen molar-refractivity contribution >= 4 is 93.0 Å². The summed E-state index contributed by atoms with van der Waals surface area (Å²) in [4.78, 5) is 26.4. The molecule has 1 aliphatic heterocycles. The van der Waals surface area contributed by atoms with Crippen LogP contribution in [0.25, 0.3) is 11.8 Å². The number of aryl methyl sites for hydroxylation is 1. The van der Waals surface area contributed by atoms with Crippen LogP contribution in [-0.4, -0.2) is 21.4 Å². The molecule has 0 saturated carbocycles. The molecule has 2 aromatic carbocycles. The summed E-state index contributed by atoms with van der Waals surface area (Å²) in [7, 11) is 0. The number of halogens is 6. The van der Waals surface area contributed by atoms with Crippen LogP contribution in [-0.2, 0) is 4.79 Å². The van der Waals surface area contributed by atoms with Crippen LogP contribution in [0.1, 0.15) is 18.2 Å². The lowest BCUT2D eigenvalue weighted by molar-refractivity contribution is -0.114. The number of rotatable bonds is 3. The van der Waals surface area contributed by atoms with Crippen LogP contribution in [0.5, 0.6) is 0 Å². The predicted molar refractivity (Wildman–Crippen MR) is 136 cm³/mol. The standard InChI is InChI=1S/C21H12Cl6N4O2/c1-8-12(20(32)30(28-8)18-14(24)3-10(22)4-15(18)25)7-13-9(2)29-31(21(13)33)19-16(26)5-11(23)6-17(19)27/h3-7,28H,1-2H3/b13-7+. The molecule has 0 spiro atoms. The van der Waals surface area contributed by atoms with Gasteiger partial charge in [0.2, 0.25) is 0 Å². The van der Waals surface area contributed by atoms with Crippen LogP contribution < -0.4 is 10.6 Å². The Morgan fingerprint density at radius 1 is 0.818 bits per heavy atom. The molecular weight excluding hydrogens is 553 g/mol. The number of nitrogens with zero attached hydrogens (tertiary/aromatic N) is 3. The SMILES string of the molecule is CC1=NN(c2c(Cl)cc(Cl)cc2Cl)C(=O)/C1=C/c1c(C)[nH]n(-c2c(Cl)cc(Cl)cc2Cl)c1=O. The van der Waals surface area contributed by atoms with Gasteiger partial charge in [-0.05, 0) is 44.2 Å². The van der Waals surface area contributed by atoms with Gasteiger partial charge in [-0.1, -0.05) is 69.6 Å². The minimum Gasteiger partial charge on any atom is -0.295 e. The summed E-state index contributed by atoms with van der Waals surface area (Å²) in [6, 6.07) is 5.86. The molecule has 1 aromatic heterocycles. The van der Waals surface area contributed by atoms with Crippen molar-refractivity contribution in [1.29, 1.82) is 0 Å². The molecule has 33 heavy (non-hydrogen) atoms. The number of amides is 1. The van der Waals surface area contributed by atoms with Crippen molar-refractivity contribution in [2.45, 2.75) is 13.8 Å². The average Bonchev–Trinajstić information content (AvgIpc) is 3.11. The fourth-order valence-electron chi connectivity index (χ4n) is 3.35. The zero-order chi connectivity index (χ0) is 24.2. The van der Waals surface area contributed by atoms with E-state index in [-0.39, 0.29) is 42.6 Å². The van der Waals surface area contributed by atoms with Crippen molar-refractivity contribution in [3.8, 4) is 5.69 Å². The number of nitrogens with one attached hydrogen (secondary N) is 1. The summed E-state index contributed by atoms with van der Waals surface area (Å²) in [5.74, 6) is -0.507. The molecule has 6 nitrogen and oxygen atoms in total. The van der Waals surface area contributed by atoms with E-state index in [9.17, 15) is 9.59 Å². The first-order chi connectivity index (χ1) is 15.5. The highest BCUT2D eigenvalue weighted by molar-refractivity contribution is 6.44. The summed E-state index contributed by atoms with van der Waals surface area (Å²) in [6.07, 6.45) is 1.45. The topological polar surface area (TPSA) is 70.5 Å². The zero-order valence-electron chi connectivity index (χ0n) is 16.8. The van der Waals surface area contributed by atoms with Gasteiger partial charge in [0.05, 0.1) is 36.9 Å². The van der Waals surface area contributed by atoms with Gasteiger partial charge in [0.15, 0.2) is 0 Å². The van der Waals surface area contributed by atoms with Crippen LogP contribution in [0.2, 0.25) is 30.1 Å². The highest BCUT2D eigenvalue weighted by Crippen LogP contribution is 2.39. The monoisotopic (exact) mass is 562 g/mol. The number of hydrogen-bond acceptors (Lipinski definition) is 3. The summed E-state index contributed by atoms with van der Waals surface area (Å²) in [5.41, 5.74) is 1.24. The molecule has 0 aliphatic carbocycles. The second-order valence-corrected chi connectivity index (χ2v) is 9.59. The molecule has 0 fully saturated rings. The van der Waals surface area contributed by atoms with Crippen molar-refractivity contribution < 1.29 is 4.79 Å². The summed E-state index contributed by atoms with van der Waals surface area (Å²) < 4.78 is 1.19. The van der Waals surface area contributed by atoms with Gasteiger partial charge >= 0.3 is 0 Å². The number of aromatic nitrogens is 2. The lowest BCUT2D eigenvalue weighted by atomic mass is 10.1. The van der Waals surface area contributed by atoms with E-state index < -0.39 is 11.5 Å². The lowest BCUT2D eigenvalue weighted by Crippen LogP contribution is -2.22. The van der Waals surface area contributed by atoms with E-state index in [1.165, 1.54) is 35.0 Å². The van der Waals surface area contributed by atoms with E-state index in [0.717, 1.165) is 5.01 Å². The Morgan fingerprint density at radius 3 is 1.82 bits per heavy atom. The number of benzene rings is 2. The quantitative estimate of drug-likeness (QED) is 0.342. The van der Waals surface area contributed by atoms with Crippen LogP contribution in [0.3, 0.4) is 0 Å². The van der Waals surface area contributed by atoms with Gasteiger partial charge in [-0.15, -0.1) is 0 Å². The largest absolute Gasteiger partial charge is 0.295 e. The molecule has 1 N–H and O–H groups in total. The Balaban J connectivity index is 1.80. The van der Waals surface area contributed by atoms with Gasteiger partial charge in [-0.2, -0.15) is 10.1 Å². The number of carbonyl (C=O) groups is 1. The van der Waals surface area contributed by atoms with E-state index in [4.69, 9.17) is 69.6 Å². The van der Waals surface area contributed by atoms with Crippen LogP contribution in [0, 0.1) is 6.92 Å². The maximum absolute atomic E-state index is 13.2. The molecule has 0 bridgehead atoms. The molecular formula is C21H12Cl6N4O2. The van der Waals surface area contributed by atoms with Gasteiger partial charge < -0.3 is 0 Å². The van der Waals surface area contributed by atoms with Crippen molar-refractivity contribution in [3.05, 3.63) is 81.6 Å². The first-order valence-corrected chi connectivity index (χ1v) is 11.5. The third-order valence-electron chi connectivity index (χ3n) is 4.87. The normalized spacial score (nSPS) is 15.0. The Morgan fingerprint density at radius 2 is 1.30 bits per heavy atom. The fraction of sp³-hybridized carbons (Fsp3) is 0.0952. The molecule has 1 aliphatic rings. The van der Waals surface area contributed by atoms with Gasteiger partial charge in [0.1, 0.15) is 11.4 Å². The van der Waals surface area contributed by atoms with Gasteiger partial charge in [-0.25, -0.2) is 4.68 Å². The summed E-state index contributed by atoms with van der Waals surface area (Å²) >= 11 is 37.0. The third-order valence-corrected chi connectivity index (χ3v) is 6.46. The number of anilines is 1. The molecule has 0 unspecified atom stereocenters. The predicted octanol–water partition coefficient (Wildman–Crippen LogP) is 7.20. The maximum atomic E-state index is 13.2. The van der Waals surface area contributed by atoms with Crippen LogP contribution in [0.15, 0.2) is 39.7 Å². The zero-order valence-corrected chi connectivity index (χ0v) is 21.3. The van der Waals surface area contributed by atoms with Gasteiger partial charge in [-0.3, -0.25) is 14.7 Å². The average molecular weight is 565 g/mol. The highest BCUT2D eigenvalue weighted by Gasteiger charge is 2.32. The number of aromatic amines is 1. The minimum absolute atomic E-state index is 0.158. The summed E-state index contributed by atoms with van der Waals surface area (Å²) in [6.45, 7) is 3.31. The van der Waals surface area contributed by atoms with Gasteiger partial charge in [0.25, 0.3) is 11.5 Å². The van der Waals surface area contributed by atoms with Gasteiger partial charge in [0, 0.05) is 15.7 Å². The Hall–Kier alpha value is -1.93. The highest BCUT2D eigenvalue weighted by atomic mass is 35.5. The van der Waals surface area contributed by atoms with E-state index in [0.29, 0.717) is 21.5 Å². The first kappa shape index (κ1) is 24.2. The number of hydrazone groups is 1. The molecule has 0 radical (unpaired) electrons. The number of hydrogen-bond donors (Lipinski definition) is 1. The second-order valence-electron chi connectivity index (χ2n) is 7.09. The molecule has 2 heterocycles. The molecule has 4 rings (SSSR count). The van der Waals surface area contributed by atoms with Crippen molar-refractivity contribution in [1.82, 2.24) is 9.78 Å². The van der Waals surface area contributed by atoms with E-state index in [1.54, 1.807) is 13.8 Å². The summed E-state index contributed by atoms with van der Waals surface area (Å²) in [5, 5.41) is 9.61. The van der Waals surface area contributed by atoms with E-state index >= 15 is 0 Å². The second kappa shape index (κ2) is 9.02. The third kappa shape index (κ3) is 4.32. The molecule has 3 aromatic rings. The Bertz CT molecular complexity index is 1410. The smallest absolute Gasteiger partial charge is 0.280 e. The fourth-order valence-corrected chi connectivity index (χ4v) is 5.32. The van der Waals surface area contributed by atoms with E-state index in [2.05, 4.69) is 10.2 Å². The maximum Gasteiger partial charge on any atom is 0.280 e.